The van der Waals surface area contributed by atoms with Crippen molar-refractivity contribution >= 4 is 51.8 Å². The van der Waals surface area contributed by atoms with E-state index in [1.54, 1.807) is 23.5 Å². The van der Waals surface area contributed by atoms with Crippen LogP contribution in [0.5, 0.6) is 0 Å². The topological polar surface area (TPSA) is 12.0 Å². The maximum Gasteiger partial charge on any atom is 0.0653 e. The Morgan fingerprint density at radius 1 is 1.00 bits per heavy atom. The van der Waals surface area contributed by atoms with Gasteiger partial charge in [0.2, 0.25) is 0 Å². The summed E-state index contributed by atoms with van der Waals surface area (Å²) in [6.45, 7) is 4.95. The molecule has 1 nitrogen and oxygen atoms in total. The number of benzene rings is 1. The Morgan fingerprint density at radius 2 is 1.67 bits per heavy atom. The average molecular weight is 321 g/mol. The number of aryl methyl sites for hydroxylation is 2. The molecule has 2 aromatic rings. The van der Waals surface area contributed by atoms with Crippen LogP contribution in [0.4, 0.5) is 5.69 Å². The number of anilines is 1. The summed E-state index contributed by atoms with van der Waals surface area (Å²) in [6.07, 6.45) is 0. The molecule has 0 fully saturated rings. The molecule has 0 aliphatic heterocycles. The Kier molecular flexibility index (Phi) is 4.44. The summed E-state index contributed by atoms with van der Waals surface area (Å²) in [6, 6.07) is 5.58. The molecule has 0 aliphatic carbocycles. The van der Waals surface area contributed by atoms with Crippen molar-refractivity contribution in [3.05, 3.63) is 48.6 Å². The second-order valence-corrected chi connectivity index (χ2v) is 6.72. The lowest BCUT2D eigenvalue weighted by Crippen LogP contribution is -2.00. The molecule has 5 heteroatoms. The first-order valence-corrected chi connectivity index (χ1v) is 7.36. The summed E-state index contributed by atoms with van der Waals surface area (Å²) in [5.74, 6) is 0. The van der Waals surface area contributed by atoms with E-state index >= 15 is 0 Å². The number of halogens is 3. The Morgan fingerprint density at radius 3 is 2.28 bits per heavy atom. The van der Waals surface area contributed by atoms with Crippen molar-refractivity contribution in [1.29, 1.82) is 0 Å². The first-order chi connectivity index (χ1) is 8.47. The second kappa shape index (κ2) is 5.70. The summed E-state index contributed by atoms with van der Waals surface area (Å²) < 4.78 is 0. The maximum atomic E-state index is 6.11. The van der Waals surface area contributed by atoms with Gasteiger partial charge in [-0.3, -0.25) is 0 Å². The van der Waals surface area contributed by atoms with E-state index in [1.807, 2.05) is 0 Å². The highest BCUT2D eigenvalue weighted by molar-refractivity contribution is 7.12. The lowest BCUT2D eigenvalue weighted by molar-refractivity contribution is 1.14. The van der Waals surface area contributed by atoms with Gasteiger partial charge in [0, 0.05) is 16.3 Å². The van der Waals surface area contributed by atoms with E-state index < -0.39 is 0 Å². The third kappa shape index (κ3) is 3.12. The zero-order chi connectivity index (χ0) is 13.3. The van der Waals surface area contributed by atoms with Crippen LogP contribution in [0.3, 0.4) is 0 Å². The minimum atomic E-state index is 0.467. The summed E-state index contributed by atoms with van der Waals surface area (Å²) in [5, 5.41) is 4.83. The van der Waals surface area contributed by atoms with Gasteiger partial charge in [-0.2, -0.15) is 0 Å². The fourth-order valence-corrected chi connectivity index (χ4v) is 3.27. The molecule has 1 aromatic carbocycles. The fourth-order valence-electron chi connectivity index (χ4n) is 1.71. The molecule has 0 unspecified atom stereocenters. The smallest absolute Gasteiger partial charge is 0.0653 e. The number of hydrogen-bond acceptors (Lipinski definition) is 2. The van der Waals surface area contributed by atoms with Gasteiger partial charge in [-0.15, -0.1) is 11.3 Å². The molecule has 96 valence electrons. The van der Waals surface area contributed by atoms with Crippen molar-refractivity contribution in [1.82, 2.24) is 0 Å². The fraction of sp³-hybridized carbons (Fsp3) is 0.231. The Labute approximate surface area is 126 Å². The number of thiophene rings is 1. The average Bonchev–Trinajstić information content (AvgIpc) is 2.61. The molecule has 0 atom stereocenters. The first kappa shape index (κ1) is 14.0. The molecule has 0 amide bonds. The van der Waals surface area contributed by atoms with Crippen LogP contribution in [0, 0.1) is 13.8 Å². The number of hydrogen-bond donors (Lipinski definition) is 1. The standard InChI is InChI=1S/C13H12Cl3NS/c1-7-3-9(8(2)18-7)6-17-13-5-11(15)10(14)4-12(13)16/h3-5,17H,6H2,1-2H3. The molecular weight excluding hydrogens is 309 g/mol. The molecule has 1 aromatic heterocycles. The third-order valence-corrected chi connectivity index (χ3v) is 4.67. The molecule has 2 rings (SSSR count). The SMILES string of the molecule is Cc1cc(CNc2cc(Cl)c(Cl)cc2Cl)c(C)s1. The van der Waals surface area contributed by atoms with Gasteiger partial charge in [-0.25, -0.2) is 0 Å². The van der Waals surface area contributed by atoms with Gasteiger partial charge in [0.25, 0.3) is 0 Å². The van der Waals surface area contributed by atoms with E-state index in [0.717, 1.165) is 12.2 Å². The third-order valence-electron chi connectivity index (χ3n) is 2.62. The maximum absolute atomic E-state index is 6.11. The van der Waals surface area contributed by atoms with Gasteiger partial charge in [0.05, 0.1) is 20.8 Å². The van der Waals surface area contributed by atoms with Crippen LogP contribution in [0.1, 0.15) is 15.3 Å². The summed E-state index contributed by atoms with van der Waals surface area (Å²) >= 11 is 19.8. The lowest BCUT2D eigenvalue weighted by atomic mass is 10.2. The molecule has 0 radical (unpaired) electrons. The van der Waals surface area contributed by atoms with E-state index in [0.29, 0.717) is 15.1 Å². The van der Waals surface area contributed by atoms with Gasteiger partial charge in [0.1, 0.15) is 0 Å². The largest absolute Gasteiger partial charge is 0.380 e. The van der Waals surface area contributed by atoms with Crippen molar-refractivity contribution in [2.45, 2.75) is 20.4 Å². The molecular formula is C13H12Cl3NS. The molecule has 1 heterocycles. The van der Waals surface area contributed by atoms with E-state index in [-0.39, 0.29) is 0 Å². The van der Waals surface area contributed by atoms with Gasteiger partial charge < -0.3 is 5.32 Å². The highest BCUT2D eigenvalue weighted by Crippen LogP contribution is 2.32. The zero-order valence-corrected chi connectivity index (χ0v) is 13.1. The van der Waals surface area contributed by atoms with Crippen LogP contribution < -0.4 is 5.32 Å². The Hall–Kier alpha value is -0.410. The van der Waals surface area contributed by atoms with Gasteiger partial charge in [0.15, 0.2) is 0 Å². The molecule has 0 bridgehead atoms. The Bertz CT molecular complexity index is 578. The van der Waals surface area contributed by atoms with E-state index in [9.17, 15) is 0 Å². The summed E-state index contributed by atoms with van der Waals surface area (Å²) in [7, 11) is 0. The van der Waals surface area contributed by atoms with Crippen LogP contribution in [0.2, 0.25) is 15.1 Å². The molecule has 0 saturated heterocycles. The van der Waals surface area contributed by atoms with Crippen molar-refractivity contribution in [3.8, 4) is 0 Å². The number of nitrogens with one attached hydrogen (secondary N) is 1. The molecule has 18 heavy (non-hydrogen) atoms. The van der Waals surface area contributed by atoms with E-state index in [2.05, 4.69) is 25.2 Å². The normalized spacial score (nSPS) is 10.7. The highest BCUT2D eigenvalue weighted by Gasteiger charge is 2.07. The summed E-state index contributed by atoms with van der Waals surface area (Å²) in [4.78, 5) is 2.63. The first-order valence-electron chi connectivity index (χ1n) is 5.41. The van der Waals surface area contributed by atoms with E-state index in [4.69, 9.17) is 34.8 Å². The second-order valence-electron chi connectivity index (χ2n) is 4.04. The van der Waals surface area contributed by atoms with Crippen molar-refractivity contribution in [2.75, 3.05) is 5.32 Å². The van der Waals surface area contributed by atoms with Crippen LogP contribution in [-0.4, -0.2) is 0 Å². The quantitative estimate of drug-likeness (QED) is 0.690. The molecule has 0 aliphatic rings. The van der Waals surface area contributed by atoms with Gasteiger partial charge >= 0.3 is 0 Å². The summed E-state index contributed by atoms with van der Waals surface area (Å²) in [5.41, 5.74) is 2.08. The van der Waals surface area contributed by atoms with Gasteiger partial charge in [-0.1, -0.05) is 34.8 Å². The minimum absolute atomic E-state index is 0.467. The molecule has 0 saturated carbocycles. The highest BCUT2D eigenvalue weighted by atomic mass is 35.5. The van der Waals surface area contributed by atoms with Gasteiger partial charge in [-0.05, 0) is 37.6 Å². The zero-order valence-electron chi connectivity index (χ0n) is 9.98. The van der Waals surface area contributed by atoms with Crippen LogP contribution >= 0.6 is 46.1 Å². The van der Waals surface area contributed by atoms with Crippen LogP contribution in [0.25, 0.3) is 0 Å². The van der Waals surface area contributed by atoms with Crippen molar-refractivity contribution in [2.24, 2.45) is 0 Å². The molecule has 1 N–H and O–H groups in total. The van der Waals surface area contributed by atoms with Crippen molar-refractivity contribution in [3.63, 3.8) is 0 Å². The predicted molar refractivity (Wildman–Crippen MR) is 82.6 cm³/mol. The predicted octanol–water partition coefficient (Wildman–Crippen LogP) is 5.94. The minimum Gasteiger partial charge on any atom is -0.380 e. The number of rotatable bonds is 3. The molecule has 0 spiro atoms. The van der Waals surface area contributed by atoms with E-state index in [1.165, 1.54) is 15.3 Å². The lowest BCUT2D eigenvalue weighted by Gasteiger charge is -2.09. The van der Waals surface area contributed by atoms with Crippen LogP contribution in [-0.2, 0) is 6.54 Å². The monoisotopic (exact) mass is 319 g/mol. The Balaban J connectivity index is 2.15. The van der Waals surface area contributed by atoms with Crippen molar-refractivity contribution < 1.29 is 0 Å². The van der Waals surface area contributed by atoms with Crippen LogP contribution in [0.15, 0.2) is 18.2 Å².